The van der Waals surface area contributed by atoms with E-state index < -0.39 is 28.5 Å². The highest BCUT2D eigenvalue weighted by molar-refractivity contribution is 7.92. The van der Waals surface area contributed by atoms with Gasteiger partial charge in [-0.3, -0.25) is 13.9 Å². The van der Waals surface area contributed by atoms with E-state index in [1.54, 1.807) is 49.4 Å². The van der Waals surface area contributed by atoms with Crippen molar-refractivity contribution in [2.45, 2.75) is 62.6 Å². The Morgan fingerprint density at radius 1 is 0.902 bits per heavy atom. The maximum atomic E-state index is 14.0. The van der Waals surface area contributed by atoms with Crippen LogP contribution >= 0.6 is 34.8 Å². The van der Waals surface area contributed by atoms with E-state index in [1.165, 1.54) is 35.2 Å². The molecule has 3 aromatic rings. The quantitative estimate of drug-likeness (QED) is 0.268. The van der Waals surface area contributed by atoms with E-state index in [-0.39, 0.29) is 39.1 Å². The largest absolute Gasteiger partial charge is 0.352 e. The van der Waals surface area contributed by atoms with Gasteiger partial charge in [0.05, 0.1) is 20.6 Å². The van der Waals surface area contributed by atoms with Gasteiger partial charge in [-0.1, -0.05) is 84.4 Å². The van der Waals surface area contributed by atoms with E-state index in [2.05, 4.69) is 5.32 Å². The highest BCUT2D eigenvalue weighted by Crippen LogP contribution is 2.31. The average molecular weight is 637 g/mol. The van der Waals surface area contributed by atoms with E-state index in [4.69, 9.17) is 34.8 Å². The summed E-state index contributed by atoms with van der Waals surface area (Å²) < 4.78 is 28.7. The van der Waals surface area contributed by atoms with E-state index in [9.17, 15) is 18.0 Å². The van der Waals surface area contributed by atoms with Gasteiger partial charge in [0.1, 0.15) is 12.6 Å². The normalized spacial score (nSPS) is 14.7. The molecule has 7 nitrogen and oxygen atoms in total. The minimum absolute atomic E-state index is 0.00311. The van der Waals surface area contributed by atoms with Gasteiger partial charge in [0.25, 0.3) is 10.0 Å². The third-order valence-electron chi connectivity index (χ3n) is 7.16. The lowest BCUT2D eigenvalue weighted by Crippen LogP contribution is -2.53. The van der Waals surface area contributed by atoms with Gasteiger partial charge in [0, 0.05) is 17.6 Å². The van der Waals surface area contributed by atoms with Crippen LogP contribution in [0.2, 0.25) is 15.1 Å². The van der Waals surface area contributed by atoms with Gasteiger partial charge in [-0.15, -0.1) is 0 Å². The first-order valence-corrected chi connectivity index (χ1v) is 16.0. The van der Waals surface area contributed by atoms with Gasteiger partial charge in [0.2, 0.25) is 11.8 Å². The van der Waals surface area contributed by atoms with Gasteiger partial charge in [-0.25, -0.2) is 8.42 Å². The Morgan fingerprint density at radius 2 is 1.61 bits per heavy atom. The van der Waals surface area contributed by atoms with Gasteiger partial charge in [0.15, 0.2) is 0 Å². The Balaban J connectivity index is 1.68. The second-order valence-corrected chi connectivity index (χ2v) is 13.2. The summed E-state index contributed by atoms with van der Waals surface area (Å²) in [5.41, 5.74) is 0.869. The van der Waals surface area contributed by atoms with Crippen molar-refractivity contribution in [3.8, 4) is 0 Å². The molecule has 0 saturated heterocycles. The molecular formula is C30H32Cl3N3O4S. The van der Waals surface area contributed by atoms with Crippen LogP contribution in [0.25, 0.3) is 0 Å². The van der Waals surface area contributed by atoms with Crippen LogP contribution in [0.1, 0.15) is 44.6 Å². The highest BCUT2D eigenvalue weighted by atomic mass is 35.5. The number of anilines is 1. The summed E-state index contributed by atoms with van der Waals surface area (Å²) >= 11 is 18.6. The molecule has 1 unspecified atom stereocenters. The van der Waals surface area contributed by atoms with E-state index >= 15 is 0 Å². The van der Waals surface area contributed by atoms with Crippen molar-refractivity contribution in [3.05, 3.63) is 93.4 Å². The molecule has 218 valence electrons. The molecule has 2 amide bonds. The minimum Gasteiger partial charge on any atom is -0.352 e. The van der Waals surface area contributed by atoms with Crippen molar-refractivity contribution in [1.82, 2.24) is 10.2 Å². The Bertz CT molecular complexity index is 1480. The van der Waals surface area contributed by atoms with Crippen molar-refractivity contribution in [2.24, 2.45) is 0 Å². The molecule has 1 N–H and O–H groups in total. The number of sulfonamides is 1. The number of rotatable bonds is 10. The molecule has 1 aliphatic carbocycles. The summed E-state index contributed by atoms with van der Waals surface area (Å²) in [5.74, 6) is -0.860. The number of benzene rings is 3. The van der Waals surface area contributed by atoms with Crippen molar-refractivity contribution < 1.29 is 18.0 Å². The lowest BCUT2D eigenvalue weighted by atomic mass is 9.95. The number of nitrogens with zero attached hydrogens (tertiary/aromatic N) is 2. The lowest BCUT2D eigenvalue weighted by molar-refractivity contribution is -0.139. The van der Waals surface area contributed by atoms with E-state index in [0.29, 0.717) is 10.6 Å². The first-order valence-electron chi connectivity index (χ1n) is 13.4. The van der Waals surface area contributed by atoms with Crippen LogP contribution in [-0.2, 0) is 26.2 Å². The van der Waals surface area contributed by atoms with Crippen LogP contribution in [-0.4, -0.2) is 43.8 Å². The van der Waals surface area contributed by atoms with Crippen LogP contribution < -0.4 is 9.62 Å². The summed E-state index contributed by atoms with van der Waals surface area (Å²) in [6.07, 6.45) is 5.00. The molecular weight excluding hydrogens is 605 g/mol. The summed E-state index contributed by atoms with van der Waals surface area (Å²) in [6, 6.07) is 18.3. The maximum Gasteiger partial charge on any atom is 0.264 e. The van der Waals surface area contributed by atoms with Crippen molar-refractivity contribution in [3.63, 3.8) is 0 Å². The Morgan fingerprint density at radius 3 is 2.27 bits per heavy atom. The molecule has 1 atom stereocenters. The monoisotopic (exact) mass is 635 g/mol. The fourth-order valence-corrected chi connectivity index (χ4v) is 6.80. The Labute approximate surface area is 256 Å². The molecule has 1 aliphatic rings. The van der Waals surface area contributed by atoms with E-state index in [0.717, 1.165) is 36.4 Å². The predicted octanol–water partition coefficient (Wildman–Crippen LogP) is 6.71. The van der Waals surface area contributed by atoms with Crippen molar-refractivity contribution in [2.75, 3.05) is 10.8 Å². The zero-order valence-corrected chi connectivity index (χ0v) is 25.7. The molecule has 1 fully saturated rings. The number of carbonyl (C=O) groups is 2. The standard InChI is InChI=1S/C30H32Cl3N3O4S/c1-21(30(38)34-24-11-4-2-5-12-24)35(19-22-9-8-10-23(31)17-22)29(37)20-36(25-15-16-27(32)28(33)18-25)41(39,40)26-13-6-3-7-14-26/h3,6-10,13-18,21,24H,2,4-5,11-12,19-20H2,1H3,(H,34,38). The van der Waals surface area contributed by atoms with Crippen LogP contribution in [0.5, 0.6) is 0 Å². The Hall–Kier alpha value is -2.78. The molecule has 11 heteroatoms. The third kappa shape index (κ3) is 7.95. The molecule has 3 aromatic carbocycles. The second-order valence-electron chi connectivity index (χ2n) is 10.1. The fourth-order valence-electron chi connectivity index (χ4n) is 4.87. The zero-order valence-electron chi connectivity index (χ0n) is 22.6. The number of amides is 2. The SMILES string of the molecule is CC(C(=O)NC1CCCCC1)N(Cc1cccc(Cl)c1)C(=O)CN(c1ccc(Cl)c(Cl)c1)S(=O)(=O)c1ccccc1. The second kappa shape index (κ2) is 13.9. The number of carbonyl (C=O) groups excluding carboxylic acids is 2. The van der Waals surface area contributed by atoms with Crippen molar-refractivity contribution in [1.29, 1.82) is 0 Å². The zero-order chi connectivity index (χ0) is 29.6. The minimum atomic E-state index is -4.20. The van der Waals surface area contributed by atoms with Gasteiger partial charge in [-0.2, -0.15) is 0 Å². The number of hydrogen-bond acceptors (Lipinski definition) is 4. The maximum absolute atomic E-state index is 14.0. The van der Waals surface area contributed by atoms with Crippen LogP contribution in [0, 0.1) is 0 Å². The molecule has 0 heterocycles. The van der Waals surface area contributed by atoms with Crippen LogP contribution in [0.15, 0.2) is 77.7 Å². The topological polar surface area (TPSA) is 86.8 Å². The summed E-state index contributed by atoms with van der Waals surface area (Å²) in [4.78, 5) is 28.8. The number of nitrogens with one attached hydrogen (secondary N) is 1. The fraction of sp³-hybridized carbons (Fsp3) is 0.333. The first kappa shape index (κ1) is 31.2. The molecule has 4 rings (SSSR count). The van der Waals surface area contributed by atoms with Gasteiger partial charge < -0.3 is 10.2 Å². The summed E-state index contributed by atoms with van der Waals surface area (Å²) in [5, 5.41) is 3.95. The summed E-state index contributed by atoms with van der Waals surface area (Å²) in [6.45, 7) is 1.13. The number of halogens is 3. The number of hydrogen-bond donors (Lipinski definition) is 1. The van der Waals surface area contributed by atoms with Gasteiger partial charge in [-0.05, 0) is 67.8 Å². The van der Waals surface area contributed by atoms with Crippen LogP contribution in [0.3, 0.4) is 0 Å². The van der Waals surface area contributed by atoms with Crippen molar-refractivity contribution >= 4 is 62.3 Å². The molecule has 1 saturated carbocycles. The van der Waals surface area contributed by atoms with E-state index in [1.807, 2.05) is 0 Å². The smallest absolute Gasteiger partial charge is 0.264 e. The molecule has 0 radical (unpaired) electrons. The lowest BCUT2D eigenvalue weighted by Gasteiger charge is -2.33. The average Bonchev–Trinajstić information content (AvgIpc) is 2.96. The van der Waals surface area contributed by atoms with Crippen LogP contribution in [0.4, 0.5) is 5.69 Å². The molecule has 0 spiro atoms. The Kier molecular flexibility index (Phi) is 10.6. The summed E-state index contributed by atoms with van der Waals surface area (Å²) in [7, 11) is -4.20. The van der Waals surface area contributed by atoms with Gasteiger partial charge >= 0.3 is 0 Å². The molecule has 0 aliphatic heterocycles. The first-order chi connectivity index (χ1) is 19.6. The molecule has 0 bridgehead atoms. The molecule has 41 heavy (non-hydrogen) atoms. The third-order valence-corrected chi connectivity index (χ3v) is 9.92. The predicted molar refractivity (Wildman–Crippen MR) is 164 cm³/mol. The molecule has 0 aromatic heterocycles. The highest BCUT2D eigenvalue weighted by Gasteiger charge is 2.33.